The third kappa shape index (κ3) is 2.76. The largest absolute Gasteiger partial charge is 0.351 e. The van der Waals surface area contributed by atoms with Gasteiger partial charge in [-0.05, 0) is 38.5 Å². The monoisotopic (exact) mass is 275 g/mol. The highest BCUT2D eigenvalue weighted by molar-refractivity contribution is 5.82. The van der Waals surface area contributed by atoms with Crippen molar-refractivity contribution in [3.63, 3.8) is 0 Å². The quantitative estimate of drug-likeness (QED) is 0.899. The normalized spacial score (nSPS) is 11.8. The van der Waals surface area contributed by atoms with E-state index in [1.54, 1.807) is 23.2 Å². The van der Waals surface area contributed by atoms with Crippen LogP contribution in [0.5, 0.6) is 0 Å². The van der Waals surface area contributed by atoms with Crippen molar-refractivity contribution >= 4 is 16.9 Å². The van der Waals surface area contributed by atoms with Gasteiger partial charge in [-0.2, -0.15) is 0 Å². The van der Waals surface area contributed by atoms with Gasteiger partial charge in [0.25, 0.3) is 0 Å². The summed E-state index contributed by atoms with van der Waals surface area (Å²) in [6, 6.07) is 5.68. The van der Waals surface area contributed by atoms with Gasteiger partial charge in [-0.1, -0.05) is 6.07 Å². The molecular weight excluding hydrogens is 254 g/mol. The summed E-state index contributed by atoms with van der Waals surface area (Å²) in [5.41, 5.74) is 2.33. The standard InChI is InChI=1S/C15H21N3O2/c1-15(2,3)16-13(19)9-10-6-7-11-12(8-10)18(5)14(20)17(11)4/h6-8H,9H2,1-5H3,(H,16,19). The van der Waals surface area contributed by atoms with E-state index in [1.165, 1.54) is 0 Å². The van der Waals surface area contributed by atoms with E-state index in [2.05, 4.69) is 5.32 Å². The molecule has 0 saturated carbocycles. The van der Waals surface area contributed by atoms with E-state index in [-0.39, 0.29) is 17.1 Å². The Bertz CT molecular complexity index is 717. The lowest BCUT2D eigenvalue weighted by Gasteiger charge is -2.20. The number of amides is 1. The van der Waals surface area contributed by atoms with Gasteiger partial charge in [0.2, 0.25) is 5.91 Å². The van der Waals surface area contributed by atoms with E-state index < -0.39 is 0 Å². The van der Waals surface area contributed by atoms with Gasteiger partial charge in [-0.3, -0.25) is 13.9 Å². The van der Waals surface area contributed by atoms with Crippen LogP contribution in [0.15, 0.2) is 23.0 Å². The molecule has 5 nitrogen and oxygen atoms in total. The van der Waals surface area contributed by atoms with E-state index in [9.17, 15) is 9.59 Å². The van der Waals surface area contributed by atoms with Crippen LogP contribution in [0.4, 0.5) is 0 Å². The van der Waals surface area contributed by atoms with Crippen molar-refractivity contribution in [1.29, 1.82) is 0 Å². The van der Waals surface area contributed by atoms with Gasteiger partial charge >= 0.3 is 5.69 Å². The highest BCUT2D eigenvalue weighted by atomic mass is 16.2. The van der Waals surface area contributed by atoms with Crippen molar-refractivity contribution in [2.24, 2.45) is 14.1 Å². The molecule has 108 valence electrons. The highest BCUT2D eigenvalue weighted by Gasteiger charge is 2.15. The van der Waals surface area contributed by atoms with E-state index in [0.29, 0.717) is 6.42 Å². The fourth-order valence-corrected chi connectivity index (χ4v) is 2.31. The minimum Gasteiger partial charge on any atom is -0.351 e. The first-order valence-corrected chi connectivity index (χ1v) is 6.64. The van der Waals surface area contributed by atoms with Gasteiger partial charge in [0.05, 0.1) is 17.5 Å². The Labute approximate surface area is 118 Å². The zero-order chi connectivity index (χ0) is 15.1. The fraction of sp³-hybridized carbons (Fsp3) is 0.467. The molecule has 20 heavy (non-hydrogen) atoms. The van der Waals surface area contributed by atoms with E-state index >= 15 is 0 Å². The molecule has 0 aliphatic heterocycles. The number of benzene rings is 1. The lowest BCUT2D eigenvalue weighted by Crippen LogP contribution is -2.41. The van der Waals surface area contributed by atoms with Gasteiger partial charge < -0.3 is 5.32 Å². The number of aromatic nitrogens is 2. The third-order valence-electron chi connectivity index (χ3n) is 3.22. The summed E-state index contributed by atoms with van der Waals surface area (Å²) in [6.45, 7) is 5.86. The molecule has 0 radical (unpaired) electrons. The molecular formula is C15H21N3O2. The molecule has 0 aliphatic rings. The second kappa shape index (κ2) is 4.81. The lowest BCUT2D eigenvalue weighted by molar-refractivity contribution is -0.121. The Hall–Kier alpha value is -2.04. The first kappa shape index (κ1) is 14.4. The number of carbonyl (C=O) groups is 1. The zero-order valence-corrected chi connectivity index (χ0v) is 12.7. The smallest absolute Gasteiger partial charge is 0.328 e. The molecule has 0 atom stereocenters. The van der Waals surface area contributed by atoms with Crippen LogP contribution in [0.1, 0.15) is 26.3 Å². The molecule has 0 saturated heterocycles. The molecule has 2 aromatic rings. The van der Waals surface area contributed by atoms with Crippen molar-refractivity contribution in [2.75, 3.05) is 0 Å². The maximum Gasteiger partial charge on any atom is 0.328 e. The molecule has 1 N–H and O–H groups in total. The highest BCUT2D eigenvalue weighted by Crippen LogP contribution is 2.14. The molecule has 0 spiro atoms. The summed E-state index contributed by atoms with van der Waals surface area (Å²) in [6.07, 6.45) is 0.316. The average Bonchev–Trinajstić information content (AvgIpc) is 2.52. The first-order chi connectivity index (χ1) is 9.19. The van der Waals surface area contributed by atoms with Crippen LogP contribution < -0.4 is 11.0 Å². The second-order valence-electron chi connectivity index (χ2n) is 6.20. The fourth-order valence-electron chi connectivity index (χ4n) is 2.31. The van der Waals surface area contributed by atoms with Crippen LogP contribution in [0.25, 0.3) is 11.0 Å². The van der Waals surface area contributed by atoms with E-state index in [1.807, 2.05) is 39.0 Å². The number of nitrogens with one attached hydrogen (secondary N) is 1. The topological polar surface area (TPSA) is 56.0 Å². The van der Waals surface area contributed by atoms with Gasteiger partial charge in [0, 0.05) is 19.6 Å². The molecule has 5 heteroatoms. The maximum atomic E-state index is 11.9. The predicted octanol–water partition coefficient (Wildman–Crippen LogP) is 1.33. The molecule has 0 fully saturated rings. The molecule has 1 heterocycles. The Morgan fingerprint density at radius 3 is 2.35 bits per heavy atom. The Kier molecular flexibility index (Phi) is 3.46. The van der Waals surface area contributed by atoms with Gasteiger partial charge in [-0.25, -0.2) is 4.79 Å². The molecule has 1 aromatic carbocycles. The minimum atomic E-state index is -0.235. The number of nitrogens with zero attached hydrogens (tertiary/aromatic N) is 2. The summed E-state index contributed by atoms with van der Waals surface area (Å²) < 4.78 is 3.20. The maximum absolute atomic E-state index is 11.9. The van der Waals surface area contributed by atoms with Crippen molar-refractivity contribution in [3.05, 3.63) is 34.2 Å². The number of rotatable bonds is 2. The average molecular weight is 275 g/mol. The van der Waals surface area contributed by atoms with Crippen LogP contribution in [0, 0.1) is 0 Å². The second-order valence-corrected chi connectivity index (χ2v) is 6.20. The number of hydrogen-bond acceptors (Lipinski definition) is 2. The lowest BCUT2D eigenvalue weighted by atomic mass is 10.1. The van der Waals surface area contributed by atoms with E-state index in [0.717, 1.165) is 16.6 Å². The van der Waals surface area contributed by atoms with Crippen LogP contribution in [0.3, 0.4) is 0 Å². The molecule has 2 rings (SSSR count). The summed E-state index contributed by atoms with van der Waals surface area (Å²) in [5.74, 6) is -0.0159. The van der Waals surface area contributed by atoms with Gasteiger partial charge in [-0.15, -0.1) is 0 Å². The Balaban J connectivity index is 2.31. The van der Waals surface area contributed by atoms with Crippen molar-refractivity contribution in [3.8, 4) is 0 Å². The SMILES string of the molecule is Cn1c(=O)n(C)c2cc(CC(=O)NC(C)(C)C)ccc21. The van der Waals surface area contributed by atoms with Crippen LogP contribution in [0.2, 0.25) is 0 Å². The number of imidazole rings is 1. The van der Waals surface area contributed by atoms with Crippen molar-refractivity contribution < 1.29 is 4.79 Å². The number of carbonyl (C=O) groups excluding carboxylic acids is 1. The Morgan fingerprint density at radius 1 is 1.15 bits per heavy atom. The molecule has 1 amide bonds. The van der Waals surface area contributed by atoms with Gasteiger partial charge in [0.15, 0.2) is 0 Å². The summed E-state index contributed by atoms with van der Waals surface area (Å²) >= 11 is 0. The number of hydrogen-bond donors (Lipinski definition) is 1. The number of aryl methyl sites for hydroxylation is 2. The van der Waals surface area contributed by atoms with Gasteiger partial charge in [0.1, 0.15) is 0 Å². The number of fused-ring (bicyclic) bond motifs is 1. The minimum absolute atomic E-state index is 0.0159. The molecule has 1 aromatic heterocycles. The van der Waals surface area contributed by atoms with Crippen molar-refractivity contribution in [2.45, 2.75) is 32.7 Å². The Morgan fingerprint density at radius 2 is 1.75 bits per heavy atom. The summed E-state index contributed by atoms with van der Waals surface area (Å²) in [7, 11) is 3.49. The summed E-state index contributed by atoms with van der Waals surface area (Å²) in [4.78, 5) is 23.8. The van der Waals surface area contributed by atoms with Crippen molar-refractivity contribution in [1.82, 2.24) is 14.5 Å². The molecule has 0 aliphatic carbocycles. The van der Waals surface area contributed by atoms with E-state index in [4.69, 9.17) is 0 Å². The van der Waals surface area contributed by atoms with Crippen LogP contribution in [-0.2, 0) is 25.3 Å². The zero-order valence-electron chi connectivity index (χ0n) is 12.7. The molecule has 0 unspecified atom stereocenters. The third-order valence-corrected chi connectivity index (χ3v) is 3.22. The predicted molar refractivity (Wildman–Crippen MR) is 79.8 cm³/mol. The van der Waals surface area contributed by atoms with Crippen LogP contribution >= 0.6 is 0 Å². The summed E-state index contributed by atoms with van der Waals surface area (Å²) in [5, 5.41) is 2.93. The van der Waals surface area contributed by atoms with Crippen LogP contribution in [-0.4, -0.2) is 20.6 Å². The molecule has 0 bridgehead atoms. The first-order valence-electron chi connectivity index (χ1n) is 6.64.